The van der Waals surface area contributed by atoms with E-state index in [4.69, 9.17) is 15.2 Å². The molecule has 2 N–H and O–H groups in total. The van der Waals surface area contributed by atoms with Gasteiger partial charge in [-0.25, -0.2) is 9.59 Å². The number of nitrogens with two attached hydrogens (primary N) is 1. The second kappa shape index (κ2) is 7.82. The fourth-order valence-corrected chi connectivity index (χ4v) is 3.93. The van der Waals surface area contributed by atoms with Crippen molar-refractivity contribution in [1.82, 2.24) is 4.90 Å². The Balaban J connectivity index is 1.90. The van der Waals surface area contributed by atoms with Gasteiger partial charge in [-0.05, 0) is 38.3 Å². The minimum absolute atomic E-state index is 0.0919. The SMILES string of the molecule is CC(C)(C)OC(=O)[C@@H]1C[C@]2(CN(c3ccccc3)C(=O)O2)CN1C(=O)C(N)C(C)(C)C. The minimum atomic E-state index is -0.998. The molecule has 2 heterocycles. The van der Waals surface area contributed by atoms with Gasteiger partial charge in [0.15, 0.2) is 5.60 Å². The molecule has 8 heteroatoms. The Labute approximate surface area is 183 Å². The summed E-state index contributed by atoms with van der Waals surface area (Å²) in [5.41, 5.74) is 4.74. The van der Waals surface area contributed by atoms with Crippen LogP contribution >= 0.6 is 0 Å². The van der Waals surface area contributed by atoms with E-state index >= 15 is 0 Å². The van der Waals surface area contributed by atoms with Crippen LogP contribution in [0.15, 0.2) is 30.3 Å². The fourth-order valence-electron chi connectivity index (χ4n) is 3.93. The molecule has 2 aliphatic heterocycles. The number of likely N-dealkylation sites (tertiary alicyclic amines) is 1. The van der Waals surface area contributed by atoms with E-state index in [1.54, 1.807) is 20.8 Å². The summed E-state index contributed by atoms with van der Waals surface area (Å²) in [6.45, 7) is 11.3. The van der Waals surface area contributed by atoms with Gasteiger partial charge < -0.3 is 20.1 Å². The second-order valence-electron chi connectivity index (χ2n) is 10.5. The molecule has 2 aliphatic rings. The molecule has 1 spiro atoms. The molecule has 1 aromatic carbocycles. The molecular formula is C23H33N3O5. The van der Waals surface area contributed by atoms with Gasteiger partial charge >= 0.3 is 12.1 Å². The number of esters is 1. The van der Waals surface area contributed by atoms with E-state index in [-0.39, 0.29) is 25.4 Å². The summed E-state index contributed by atoms with van der Waals surface area (Å²) in [5.74, 6) is -0.873. The van der Waals surface area contributed by atoms with Gasteiger partial charge in [-0.3, -0.25) is 9.69 Å². The molecule has 3 rings (SSSR count). The molecule has 31 heavy (non-hydrogen) atoms. The predicted molar refractivity (Wildman–Crippen MR) is 116 cm³/mol. The first kappa shape index (κ1) is 23.1. The summed E-state index contributed by atoms with van der Waals surface area (Å²) >= 11 is 0. The molecule has 170 valence electrons. The Morgan fingerprint density at radius 2 is 1.74 bits per heavy atom. The molecule has 3 atom stereocenters. The number of hydrogen-bond acceptors (Lipinski definition) is 6. The van der Waals surface area contributed by atoms with Crippen molar-refractivity contribution in [3.8, 4) is 0 Å². The summed E-state index contributed by atoms with van der Waals surface area (Å²) in [5, 5.41) is 0. The van der Waals surface area contributed by atoms with Crippen LogP contribution < -0.4 is 10.6 Å². The topological polar surface area (TPSA) is 102 Å². The second-order valence-corrected chi connectivity index (χ2v) is 10.5. The fraction of sp³-hybridized carbons (Fsp3) is 0.609. The molecular weight excluding hydrogens is 398 g/mol. The van der Waals surface area contributed by atoms with Crippen LogP contribution in [0.3, 0.4) is 0 Å². The number of para-hydroxylation sites is 1. The van der Waals surface area contributed by atoms with E-state index in [2.05, 4.69) is 0 Å². The molecule has 2 amide bonds. The highest BCUT2D eigenvalue weighted by Gasteiger charge is 2.58. The Morgan fingerprint density at radius 3 is 2.29 bits per heavy atom. The van der Waals surface area contributed by atoms with Gasteiger partial charge in [0.1, 0.15) is 11.6 Å². The lowest BCUT2D eigenvalue weighted by atomic mass is 9.86. The Morgan fingerprint density at radius 1 is 1.13 bits per heavy atom. The smallest absolute Gasteiger partial charge is 0.415 e. The van der Waals surface area contributed by atoms with E-state index in [9.17, 15) is 14.4 Å². The van der Waals surface area contributed by atoms with Crippen molar-refractivity contribution in [3.63, 3.8) is 0 Å². The maximum Gasteiger partial charge on any atom is 0.415 e. The molecule has 2 fully saturated rings. The van der Waals surface area contributed by atoms with E-state index in [1.165, 1.54) is 9.80 Å². The largest absolute Gasteiger partial charge is 0.458 e. The van der Waals surface area contributed by atoms with Crippen LogP contribution in [0.4, 0.5) is 10.5 Å². The van der Waals surface area contributed by atoms with E-state index in [1.807, 2.05) is 51.1 Å². The number of carbonyl (C=O) groups excluding carboxylic acids is 3. The Hall–Kier alpha value is -2.61. The van der Waals surface area contributed by atoms with Crippen molar-refractivity contribution in [2.45, 2.75) is 71.2 Å². The van der Waals surface area contributed by atoms with Crippen LogP contribution in [0.25, 0.3) is 0 Å². The number of nitrogens with zero attached hydrogens (tertiary/aromatic N) is 2. The number of hydrogen-bond donors (Lipinski definition) is 1. The van der Waals surface area contributed by atoms with Crippen molar-refractivity contribution < 1.29 is 23.9 Å². The van der Waals surface area contributed by atoms with Gasteiger partial charge in [0.2, 0.25) is 5.91 Å². The van der Waals surface area contributed by atoms with Gasteiger partial charge in [0.05, 0.1) is 19.1 Å². The van der Waals surface area contributed by atoms with Crippen LogP contribution in [0, 0.1) is 5.41 Å². The Kier molecular flexibility index (Phi) is 5.82. The van der Waals surface area contributed by atoms with Crippen LogP contribution in [0.1, 0.15) is 48.0 Å². The summed E-state index contributed by atoms with van der Waals surface area (Å²) < 4.78 is 11.4. The summed E-state index contributed by atoms with van der Waals surface area (Å²) in [7, 11) is 0. The first-order valence-corrected chi connectivity index (χ1v) is 10.6. The van der Waals surface area contributed by atoms with Crippen molar-refractivity contribution in [2.75, 3.05) is 18.0 Å². The zero-order chi connectivity index (χ0) is 23.2. The summed E-state index contributed by atoms with van der Waals surface area (Å²) in [4.78, 5) is 41.9. The van der Waals surface area contributed by atoms with Gasteiger partial charge in [0.25, 0.3) is 0 Å². The molecule has 0 aromatic heterocycles. The number of benzene rings is 1. The van der Waals surface area contributed by atoms with Gasteiger partial charge in [-0.15, -0.1) is 0 Å². The average molecular weight is 432 g/mol. The number of anilines is 1. The van der Waals surface area contributed by atoms with Crippen molar-refractivity contribution in [2.24, 2.45) is 11.1 Å². The van der Waals surface area contributed by atoms with E-state index in [0.29, 0.717) is 5.69 Å². The van der Waals surface area contributed by atoms with Gasteiger partial charge in [0, 0.05) is 12.1 Å². The molecule has 1 unspecified atom stereocenters. The maximum atomic E-state index is 13.3. The normalized spacial score (nSPS) is 25.0. The third-order valence-corrected chi connectivity index (χ3v) is 5.60. The number of carbonyl (C=O) groups is 3. The van der Waals surface area contributed by atoms with Gasteiger partial charge in [-0.2, -0.15) is 0 Å². The number of ether oxygens (including phenoxy) is 2. The first-order chi connectivity index (χ1) is 14.2. The minimum Gasteiger partial charge on any atom is -0.458 e. The first-order valence-electron chi connectivity index (χ1n) is 10.6. The lowest BCUT2D eigenvalue weighted by molar-refractivity contribution is -0.163. The molecule has 0 bridgehead atoms. The van der Waals surface area contributed by atoms with Crippen LogP contribution in [-0.4, -0.2) is 59.2 Å². The molecule has 0 radical (unpaired) electrons. The lowest BCUT2D eigenvalue weighted by Crippen LogP contribution is -2.54. The number of rotatable bonds is 3. The predicted octanol–water partition coefficient (Wildman–Crippen LogP) is 2.70. The maximum absolute atomic E-state index is 13.3. The molecule has 2 saturated heterocycles. The van der Waals surface area contributed by atoms with Crippen molar-refractivity contribution in [3.05, 3.63) is 30.3 Å². The van der Waals surface area contributed by atoms with Crippen molar-refractivity contribution in [1.29, 1.82) is 0 Å². The highest BCUT2D eigenvalue weighted by atomic mass is 16.6. The third-order valence-electron chi connectivity index (χ3n) is 5.60. The van der Waals surface area contributed by atoms with Gasteiger partial charge in [-0.1, -0.05) is 39.0 Å². The molecule has 1 aromatic rings. The third kappa shape index (κ3) is 4.84. The Bertz CT molecular complexity index is 858. The van der Waals surface area contributed by atoms with Crippen LogP contribution in [0.2, 0.25) is 0 Å². The van der Waals surface area contributed by atoms with Crippen LogP contribution in [-0.2, 0) is 19.1 Å². The highest BCUT2D eigenvalue weighted by molar-refractivity contribution is 5.92. The highest BCUT2D eigenvalue weighted by Crippen LogP contribution is 2.39. The lowest BCUT2D eigenvalue weighted by Gasteiger charge is -2.33. The van der Waals surface area contributed by atoms with Crippen molar-refractivity contribution >= 4 is 23.7 Å². The standard InChI is InChI=1S/C23H33N3O5/c1-21(2,3)17(24)18(27)26-14-23(12-16(26)19(28)30-22(4,5)6)13-25(20(29)31-23)15-10-8-7-9-11-15/h7-11,16-17H,12-14,24H2,1-6H3/t16-,17?,23-/m0/s1. The summed E-state index contributed by atoms with van der Waals surface area (Å²) in [6.07, 6.45) is -0.330. The van der Waals surface area contributed by atoms with E-state index in [0.717, 1.165) is 0 Å². The summed E-state index contributed by atoms with van der Waals surface area (Å²) in [6, 6.07) is 7.49. The van der Waals surface area contributed by atoms with Crippen LogP contribution in [0.5, 0.6) is 0 Å². The zero-order valence-corrected chi connectivity index (χ0v) is 19.2. The zero-order valence-electron chi connectivity index (χ0n) is 19.2. The monoisotopic (exact) mass is 431 g/mol. The molecule has 0 aliphatic carbocycles. The molecule has 8 nitrogen and oxygen atoms in total. The quantitative estimate of drug-likeness (QED) is 0.739. The number of amides is 2. The molecule has 0 saturated carbocycles. The average Bonchev–Trinajstić information content (AvgIpc) is 3.19. The van der Waals surface area contributed by atoms with E-state index < -0.39 is 40.8 Å².